The summed E-state index contributed by atoms with van der Waals surface area (Å²) in [5.41, 5.74) is 0.981. The average Bonchev–Trinajstić information content (AvgIpc) is 2.81. The fourth-order valence-electron chi connectivity index (χ4n) is 1.45. The van der Waals surface area contributed by atoms with Gasteiger partial charge >= 0.3 is 0 Å². The molecule has 0 aliphatic heterocycles. The molecule has 1 N–H and O–H groups in total. The summed E-state index contributed by atoms with van der Waals surface area (Å²) in [5, 5.41) is 10.9. The van der Waals surface area contributed by atoms with Crippen molar-refractivity contribution in [3.05, 3.63) is 35.8 Å². The van der Waals surface area contributed by atoms with Crippen LogP contribution in [-0.2, 0) is 13.2 Å². The van der Waals surface area contributed by atoms with E-state index >= 15 is 0 Å². The summed E-state index contributed by atoms with van der Waals surface area (Å²) in [5.74, 6) is 1.68. The van der Waals surface area contributed by atoms with Crippen LogP contribution in [0.4, 0.5) is 0 Å². The van der Waals surface area contributed by atoms with Gasteiger partial charge < -0.3 is 14.5 Å². The van der Waals surface area contributed by atoms with E-state index in [1.165, 1.54) is 0 Å². The first-order valence-electron chi connectivity index (χ1n) is 6.23. The molecule has 0 amide bonds. The molecular weight excluding hydrogens is 244 g/mol. The van der Waals surface area contributed by atoms with Crippen LogP contribution in [0.15, 0.2) is 22.7 Å². The summed E-state index contributed by atoms with van der Waals surface area (Å²) in [6.07, 6.45) is 1.70. The average molecular weight is 262 g/mol. The van der Waals surface area contributed by atoms with Gasteiger partial charge in [0, 0.05) is 19.5 Å². The Labute approximate surface area is 112 Å². The number of hydrogen-bond donors (Lipinski definition) is 1. The van der Waals surface area contributed by atoms with E-state index in [1.54, 1.807) is 13.1 Å². The second-order valence-electron chi connectivity index (χ2n) is 4.52. The predicted octanol–water partition coefficient (Wildman–Crippen LogP) is 1.85. The molecule has 0 aliphatic rings. The van der Waals surface area contributed by atoms with Crippen LogP contribution in [0.3, 0.4) is 0 Å². The first-order valence-corrected chi connectivity index (χ1v) is 6.23. The second kappa shape index (κ2) is 6.29. The lowest BCUT2D eigenvalue weighted by Crippen LogP contribution is -2.22. The molecule has 6 heteroatoms. The van der Waals surface area contributed by atoms with Crippen LogP contribution in [0, 0.1) is 6.92 Å². The lowest BCUT2D eigenvalue weighted by molar-refractivity contribution is 0.259. The third kappa shape index (κ3) is 4.33. The highest BCUT2D eigenvalue weighted by molar-refractivity contribution is 5.19. The largest absolute Gasteiger partial charge is 0.482 e. The molecule has 0 aliphatic carbocycles. The third-order valence-corrected chi connectivity index (χ3v) is 2.42. The Morgan fingerprint density at radius 2 is 2.16 bits per heavy atom. The minimum atomic E-state index is 0.256. The lowest BCUT2D eigenvalue weighted by Gasteiger charge is -2.08. The SMILES string of the molecule is Cc1nnc(COc2ccc(CNC(C)C)nc2)o1. The number of aromatic nitrogens is 3. The van der Waals surface area contributed by atoms with Crippen molar-refractivity contribution in [1.82, 2.24) is 20.5 Å². The molecular formula is C13H18N4O2. The Kier molecular flexibility index (Phi) is 4.46. The van der Waals surface area contributed by atoms with Gasteiger partial charge in [0.05, 0.1) is 11.9 Å². The van der Waals surface area contributed by atoms with Crippen molar-refractivity contribution in [3.8, 4) is 5.75 Å². The van der Waals surface area contributed by atoms with Crippen LogP contribution in [0.1, 0.15) is 31.3 Å². The lowest BCUT2D eigenvalue weighted by atomic mass is 10.3. The van der Waals surface area contributed by atoms with Crippen LogP contribution in [0.2, 0.25) is 0 Å². The highest BCUT2D eigenvalue weighted by Crippen LogP contribution is 2.11. The highest BCUT2D eigenvalue weighted by Gasteiger charge is 2.04. The molecule has 0 aromatic carbocycles. The van der Waals surface area contributed by atoms with Crippen molar-refractivity contribution < 1.29 is 9.15 Å². The van der Waals surface area contributed by atoms with Crippen molar-refractivity contribution in [3.63, 3.8) is 0 Å². The van der Waals surface area contributed by atoms with E-state index in [-0.39, 0.29) is 6.61 Å². The maximum Gasteiger partial charge on any atom is 0.253 e. The topological polar surface area (TPSA) is 73.1 Å². The number of nitrogens with zero attached hydrogens (tertiary/aromatic N) is 3. The molecule has 0 saturated heterocycles. The molecule has 2 rings (SSSR count). The van der Waals surface area contributed by atoms with Gasteiger partial charge in [0.15, 0.2) is 6.61 Å². The van der Waals surface area contributed by atoms with E-state index in [0.717, 1.165) is 12.2 Å². The Bertz CT molecular complexity index is 508. The van der Waals surface area contributed by atoms with E-state index in [9.17, 15) is 0 Å². The molecule has 0 bridgehead atoms. The van der Waals surface area contributed by atoms with Gasteiger partial charge in [0.2, 0.25) is 5.89 Å². The van der Waals surface area contributed by atoms with Gasteiger partial charge in [-0.25, -0.2) is 0 Å². The Morgan fingerprint density at radius 1 is 1.32 bits per heavy atom. The van der Waals surface area contributed by atoms with Crippen LogP contribution < -0.4 is 10.1 Å². The van der Waals surface area contributed by atoms with Crippen LogP contribution in [-0.4, -0.2) is 21.2 Å². The predicted molar refractivity (Wildman–Crippen MR) is 69.6 cm³/mol. The number of pyridine rings is 1. The standard InChI is InChI=1S/C13H18N4O2/c1-9(2)14-6-11-4-5-12(7-15-11)18-8-13-17-16-10(3)19-13/h4-5,7,9,14H,6,8H2,1-3H3. The number of rotatable bonds is 6. The second-order valence-corrected chi connectivity index (χ2v) is 4.52. The molecule has 102 valence electrons. The number of ether oxygens (including phenoxy) is 1. The van der Waals surface area contributed by atoms with Crippen molar-refractivity contribution in [2.75, 3.05) is 0 Å². The number of aryl methyl sites for hydroxylation is 1. The summed E-state index contributed by atoms with van der Waals surface area (Å²) >= 11 is 0. The van der Waals surface area contributed by atoms with E-state index in [2.05, 4.69) is 34.3 Å². The number of hydrogen-bond acceptors (Lipinski definition) is 6. The molecule has 0 fully saturated rings. The van der Waals surface area contributed by atoms with Crippen molar-refractivity contribution in [2.45, 2.75) is 40.0 Å². The van der Waals surface area contributed by atoms with Crippen molar-refractivity contribution in [1.29, 1.82) is 0 Å². The molecule has 2 aromatic heterocycles. The molecule has 0 atom stereocenters. The Morgan fingerprint density at radius 3 is 2.74 bits per heavy atom. The molecule has 0 unspecified atom stereocenters. The molecule has 6 nitrogen and oxygen atoms in total. The van der Waals surface area contributed by atoms with Gasteiger partial charge in [0.25, 0.3) is 5.89 Å². The summed E-state index contributed by atoms with van der Waals surface area (Å²) < 4.78 is 10.7. The van der Waals surface area contributed by atoms with Gasteiger partial charge in [-0.1, -0.05) is 13.8 Å². The molecule has 0 radical (unpaired) electrons. The van der Waals surface area contributed by atoms with Gasteiger partial charge in [-0.3, -0.25) is 4.98 Å². The zero-order chi connectivity index (χ0) is 13.7. The van der Waals surface area contributed by atoms with Gasteiger partial charge in [-0.05, 0) is 12.1 Å². The first-order chi connectivity index (χ1) is 9.13. The van der Waals surface area contributed by atoms with E-state index in [0.29, 0.717) is 23.6 Å². The van der Waals surface area contributed by atoms with Crippen molar-refractivity contribution >= 4 is 0 Å². The van der Waals surface area contributed by atoms with E-state index in [1.807, 2.05) is 12.1 Å². The highest BCUT2D eigenvalue weighted by atomic mass is 16.5. The van der Waals surface area contributed by atoms with Crippen molar-refractivity contribution in [2.24, 2.45) is 0 Å². The molecule has 2 heterocycles. The first kappa shape index (κ1) is 13.5. The maximum absolute atomic E-state index is 5.51. The minimum Gasteiger partial charge on any atom is -0.482 e. The Hall–Kier alpha value is -1.95. The van der Waals surface area contributed by atoms with Gasteiger partial charge in [-0.2, -0.15) is 0 Å². The Balaban J connectivity index is 1.84. The summed E-state index contributed by atoms with van der Waals surface area (Å²) in [6.45, 7) is 6.95. The van der Waals surface area contributed by atoms with Crippen LogP contribution in [0.25, 0.3) is 0 Å². The maximum atomic E-state index is 5.51. The zero-order valence-corrected chi connectivity index (χ0v) is 11.4. The summed E-state index contributed by atoms with van der Waals surface area (Å²) in [4.78, 5) is 4.31. The van der Waals surface area contributed by atoms with Gasteiger partial charge in [0.1, 0.15) is 5.75 Å². The molecule has 0 spiro atoms. The van der Waals surface area contributed by atoms with Crippen LogP contribution >= 0.6 is 0 Å². The fraction of sp³-hybridized carbons (Fsp3) is 0.462. The smallest absolute Gasteiger partial charge is 0.253 e. The third-order valence-electron chi connectivity index (χ3n) is 2.42. The fourth-order valence-corrected chi connectivity index (χ4v) is 1.45. The minimum absolute atomic E-state index is 0.256. The number of nitrogens with one attached hydrogen (secondary N) is 1. The van der Waals surface area contributed by atoms with Crippen LogP contribution in [0.5, 0.6) is 5.75 Å². The van der Waals surface area contributed by atoms with E-state index < -0.39 is 0 Å². The normalized spacial score (nSPS) is 10.9. The quantitative estimate of drug-likeness (QED) is 0.856. The molecule has 19 heavy (non-hydrogen) atoms. The summed E-state index contributed by atoms with van der Waals surface area (Å²) in [7, 11) is 0. The zero-order valence-electron chi connectivity index (χ0n) is 11.4. The molecule has 0 saturated carbocycles. The van der Waals surface area contributed by atoms with Gasteiger partial charge in [-0.15, -0.1) is 10.2 Å². The monoisotopic (exact) mass is 262 g/mol. The molecule has 2 aromatic rings. The summed E-state index contributed by atoms with van der Waals surface area (Å²) in [6, 6.07) is 4.26. The van der Waals surface area contributed by atoms with E-state index in [4.69, 9.17) is 9.15 Å².